The normalized spacial score (nSPS) is 13.2. The van der Waals surface area contributed by atoms with Gasteiger partial charge in [-0.25, -0.2) is 8.42 Å². The Bertz CT molecular complexity index is 1230. The SMILES string of the molecule is CC(C)=CCC/C(C)=C/CC/C(C)=C/CSC[C@H](NS(=O)(=O)c1ccccc1Oc1ccccc1)C(=O)O. The summed E-state index contributed by atoms with van der Waals surface area (Å²) in [5.74, 6) is 0.0920. The summed E-state index contributed by atoms with van der Waals surface area (Å²) in [5, 5.41) is 9.66. The number of carboxylic acids is 1. The van der Waals surface area contributed by atoms with Crippen LogP contribution in [0.5, 0.6) is 11.5 Å². The van der Waals surface area contributed by atoms with Crippen LogP contribution in [0.25, 0.3) is 0 Å². The number of allylic oxidation sites excluding steroid dienone is 5. The lowest BCUT2D eigenvalue weighted by atomic mass is 10.1. The standard InChI is InChI=1S/C30H39NO5S2/c1-23(2)12-10-13-24(3)14-11-15-25(4)20-21-37-22-27(30(32)33)31-38(34,35)29-19-9-8-18-28(29)36-26-16-6-5-7-17-26/h5-9,12,14,16-20,27,31H,10-11,13,15,21-22H2,1-4H3,(H,32,33)/b24-14+,25-20+/t27-/m0/s1. The van der Waals surface area contributed by atoms with Gasteiger partial charge in [0.15, 0.2) is 0 Å². The van der Waals surface area contributed by atoms with Crippen LogP contribution in [0, 0.1) is 0 Å². The van der Waals surface area contributed by atoms with Crippen LogP contribution in [0.1, 0.15) is 53.4 Å². The van der Waals surface area contributed by atoms with Gasteiger partial charge in [0.2, 0.25) is 10.0 Å². The number of hydrogen-bond donors (Lipinski definition) is 2. The fourth-order valence-corrected chi connectivity index (χ4v) is 5.93. The smallest absolute Gasteiger partial charge is 0.322 e. The van der Waals surface area contributed by atoms with Crippen molar-refractivity contribution in [3.05, 3.63) is 89.5 Å². The summed E-state index contributed by atoms with van der Waals surface area (Å²) in [4.78, 5) is 11.7. The highest BCUT2D eigenvalue weighted by Gasteiger charge is 2.27. The van der Waals surface area contributed by atoms with E-state index in [1.165, 1.54) is 34.5 Å². The van der Waals surface area contributed by atoms with E-state index in [2.05, 4.69) is 50.6 Å². The van der Waals surface area contributed by atoms with Crippen molar-refractivity contribution < 1.29 is 23.1 Å². The van der Waals surface area contributed by atoms with Gasteiger partial charge in [0.1, 0.15) is 22.4 Å². The van der Waals surface area contributed by atoms with Crippen LogP contribution in [-0.2, 0) is 14.8 Å². The van der Waals surface area contributed by atoms with E-state index in [1.807, 2.05) is 6.07 Å². The maximum absolute atomic E-state index is 13.1. The van der Waals surface area contributed by atoms with E-state index in [9.17, 15) is 18.3 Å². The molecular formula is C30H39NO5S2. The number of thioether (sulfide) groups is 1. The number of benzene rings is 2. The molecule has 2 rings (SSSR count). The Kier molecular flexibility index (Phi) is 13.4. The Balaban J connectivity index is 1.91. The maximum Gasteiger partial charge on any atom is 0.322 e. The van der Waals surface area contributed by atoms with Crippen molar-refractivity contribution in [2.75, 3.05) is 11.5 Å². The lowest BCUT2D eigenvalue weighted by Crippen LogP contribution is -2.42. The Morgan fingerprint density at radius 2 is 1.53 bits per heavy atom. The van der Waals surface area contributed by atoms with Crippen molar-refractivity contribution in [3.8, 4) is 11.5 Å². The number of nitrogens with one attached hydrogen (secondary N) is 1. The predicted molar refractivity (Wildman–Crippen MR) is 157 cm³/mol. The summed E-state index contributed by atoms with van der Waals surface area (Å²) in [5.41, 5.74) is 3.95. The monoisotopic (exact) mass is 557 g/mol. The van der Waals surface area contributed by atoms with E-state index in [0.29, 0.717) is 11.5 Å². The van der Waals surface area contributed by atoms with Crippen LogP contribution < -0.4 is 9.46 Å². The fraction of sp³-hybridized carbons (Fsp3) is 0.367. The van der Waals surface area contributed by atoms with Gasteiger partial charge in [-0.2, -0.15) is 16.5 Å². The van der Waals surface area contributed by atoms with Gasteiger partial charge in [-0.05, 0) is 77.6 Å². The van der Waals surface area contributed by atoms with E-state index in [4.69, 9.17) is 4.74 Å². The molecule has 2 aromatic carbocycles. The molecule has 0 saturated heterocycles. The lowest BCUT2D eigenvalue weighted by molar-refractivity contribution is -0.138. The molecule has 0 bridgehead atoms. The summed E-state index contributed by atoms with van der Waals surface area (Å²) in [6.07, 6.45) is 10.6. The summed E-state index contributed by atoms with van der Waals surface area (Å²) >= 11 is 1.38. The molecule has 0 aliphatic heterocycles. The van der Waals surface area contributed by atoms with Crippen molar-refractivity contribution in [2.45, 2.75) is 64.3 Å². The second-order valence-corrected chi connectivity index (χ2v) is 12.1. The molecule has 6 nitrogen and oxygen atoms in total. The zero-order valence-corrected chi connectivity index (χ0v) is 24.3. The summed E-state index contributed by atoms with van der Waals surface area (Å²) < 4.78 is 34.3. The van der Waals surface area contributed by atoms with E-state index < -0.39 is 22.0 Å². The molecule has 0 fully saturated rings. The maximum atomic E-state index is 13.1. The molecule has 1 atom stereocenters. The summed E-state index contributed by atoms with van der Waals surface area (Å²) in [6.45, 7) is 8.45. The highest BCUT2D eigenvalue weighted by Crippen LogP contribution is 2.28. The van der Waals surface area contributed by atoms with Crippen molar-refractivity contribution in [2.24, 2.45) is 0 Å². The fourth-order valence-electron chi connectivity index (χ4n) is 3.50. The van der Waals surface area contributed by atoms with Gasteiger partial charge in [-0.3, -0.25) is 4.79 Å². The molecule has 8 heteroatoms. The molecule has 0 heterocycles. The minimum absolute atomic E-state index is 0.101. The highest BCUT2D eigenvalue weighted by atomic mass is 32.2. The molecule has 2 N–H and O–H groups in total. The Morgan fingerprint density at radius 3 is 2.18 bits per heavy atom. The molecule has 0 spiro atoms. The molecule has 206 valence electrons. The van der Waals surface area contributed by atoms with E-state index in [0.717, 1.165) is 25.7 Å². The molecule has 0 saturated carbocycles. The minimum atomic E-state index is -4.14. The molecule has 2 aromatic rings. The van der Waals surface area contributed by atoms with Crippen LogP contribution in [0.2, 0.25) is 0 Å². The first kappa shape index (κ1) is 31.4. The quantitative estimate of drug-likeness (QED) is 0.165. The first-order chi connectivity index (χ1) is 18.1. The Hall–Kier alpha value is -2.81. The average molecular weight is 558 g/mol. The second kappa shape index (κ2) is 16.2. The average Bonchev–Trinajstić information content (AvgIpc) is 2.86. The summed E-state index contributed by atoms with van der Waals surface area (Å²) in [7, 11) is -4.14. The second-order valence-electron chi connectivity index (χ2n) is 9.37. The first-order valence-corrected chi connectivity index (χ1v) is 15.3. The van der Waals surface area contributed by atoms with Crippen LogP contribution >= 0.6 is 11.8 Å². The number of hydrogen-bond acceptors (Lipinski definition) is 5. The van der Waals surface area contributed by atoms with Gasteiger partial charge in [0.25, 0.3) is 0 Å². The van der Waals surface area contributed by atoms with E-state index >= 15 is 0 Å². The Morgan fingerprint density at radius 1 is 0.921 bits per heavy atom. The van der Waals surface area contributed by atoms with Crippen LogP contribution in [0.4, 0.5) is 0 Å². The molecule has 38 heavy (non-hydrogen) atoms. The Labute approximate surface area is 231 Å². The molecule has 0 radical (unpaired) electrons. The number of carboxylic acid groups (broad SMARTS) is 1. The predicted octanol–water partition coefficient (Wildman–Crippen LogP) is 7.36. The highest BCUT2D eigenvalue weighted by molar-refractivity contribution is 7.99. The molecule has 0 aliphatic rings. The third-order valence-electron chi connectivity index (χ3n) is 5.66. The number of ether oxygens (including phenoxy) is 1. The van der Waals surface area contributed by atoms with Crippen LogP contribution in [0.3, 0.4) is 0 Å². The van der Waals surface area contributed by atoms with Crippen LogP contribution in [-0.4, -0.2) is 37.0 Å². The van der Waals surface area contributed by atoms with Gasteiger partial charge in [0.05, 0.1) is 0 Å². The molecule has 0 aromatic heterocycles. The van der Waals surface area contributed by atoms with Gasteiger partial charge in [-0.15, -0.1) is 0 Å². The van der Waals surface area contributed by atoms with E-state index in [-0.39, 0.29) is 16.4 Å². The zero-order valence-electron chi connectivity index (χ0n) is 22.6. The van der Waals surface area contributed by atoms with Gasteiger partial charge < -0.3 is 9.84 Å². The lowest BCUT2D eigenvalue weighted by Gasteiger charge is -2.16. The van der Waals surface area contributed by atoms with Gasteiger partial charge in [0, 0.05) is 11.5 Å². The largest absolute Gasteiger partial charge is 0.480 e. The molecule has 0 aliphatic carbocycles. The van der Waals surface area contributed by atoms with Crippen molar-refractivity contribution in [1.82, 2.24) is 4.72 Å². The van der Waals surface area contributed by atoms with Gasteiger partial charge in [-0.1, -0.05) is 65.3 Å². The van der Waals surface area contributed by atoms with Crippen LogP contribution in [0.15, 0.2) is 94.4 Å². The van der Waals surface area contributed by atoms with E-state index in [1.54, 1.807) is 42.5 Å². The first-order valence-electron chi connectivity index (χ1n) is 12.7. The van der Waals surface area contributed by atoms with Crippen molar-refractivity contribution in [3.63, 3.8) is 0 Å². The third kappa shape index (κ3) is 11.7. The third-order valence-corrected chi connectivity index (χ3v) is 8.14. The van der Waals surface area contributed by atoms with Crippen molar-refractivity contribution in [1.29, 1.82) is 0 Å². The molecular weight excluding hydrogens is 518 g/mol. The molecule has 0 amide bonds. The number of sulfonamides is 1. The number of para-hydroxylation sites is 2. The summed E-state index contributed by atoms with van der Waals surface area (Å²) in [6, 6.07) is 13.7. The number of rotatable bonds is 16. The topological polar surface area (TPSA) is 92.7 Å². The van der Waals surface area contributed by atoms with Gasteiger partial charge >= 0.3 is 5.97 Å². The number of carbonyl (C=O) groups is 1. The molecule has 0 unspecified atom stereocenters. The minimum Gasteiger partial charge on any atom is -0.480 e. The van der Waals surface area contributed by atoms with Crippen molar-refractivity contribution >= 4 is 27.8 Å². The zero-order chi connectivity index (χ0) is 28.0. The number of aliphatic carboxylic acids is 1.